The quantitative estimate of drug-likeness (QED) is 0.761. The van der Waals surface area contributed by atoms with E-state index in [1.807, 2.05) is 18.2 Å². The van der Waals surface area contributed by atoms with Crippen LogP contribution in [-0.2, 0) is 6.54 Å². The Morgan fingerprint density at radius 3 is 2.88 bits per heavy atom. The fraction of sp³-hybridized carbons (Fsp3) is 0.278. The van der Waals surface area contributed by atoms with Crippen LogP contribution in [0, 0.1) is 0 Å². The predicted molar refractivity (Wildman–Crippen MR) is 94.7 cm³/mol. The molecule has 0 bridgehead atoms. The highest BCUT2D eigenvalue weighted by molar-refractivity contribution is 6.04. The van der Waals surface area contributed by atoms with Crippen molar-refractivity contribution < 1.29 is 4.79 Å². The van der Waals surface area contributed by atoms with E-state index in [2.05, 4.69) is 26.5 Å². The summed E-state index contributed by atoms with van der Waals surface area (Å²) in [6, 6.07) is 11.1. The van der Waals surface area contributed by atoms with E-state index in [-0.39, 0.29) is 11.6 Å². The van der Waals surface area contributed by atoms with Crippen LogP contribution in [0.1, 0.15) is 28.8 Å². The molecule has 1 aliphatic heterocycles. The lowest BCUT2D eigenvalue weighted by Gasteiger charge is -2.15. The first kappa shape index (κ1) is 15.6. The molecule has 2 N–H and O–H groups in total. The van der Waals surface area contributed by atoms with E-state index in [0.717, 1.165) is 25.3 Å². The minimum atomic E-state index is -0.323. The molecule has 0 aliphatic carbocycles. The van der Waals surface area contributed by atoms with Crippen molar-refractivity contribution in [2.45, 2.75) is 19.4 Å². The number of nitrogens with zero attached hydrogens (tertiary/aromatic N) is 3. The molecule has 7 nitrogen and oxygen atoms in total. The molecule has 4 rings (SSSR count). The van der Waals surface area contributed by atoms with Crippen molar-refractivity contribution in [1.29, 1.82) is 0 Å². The number of rotatable bonds is 4. The van der Waals surface area contributed by atoms with Crippen molar-refractivity contribution in [3.8, 4) is 0 Å². The first-order valence-corrected chi connectivity index (χ1v) is 8.38. The van der Waals surface area contributed by atoms with Crippen molar-refractivity contribution in [1.82, 2.24) is 19.5 Å². The highest BCUT2D eigenvalue weighted by Crippen LogP contribution is 2.17. The molecule has 3 heterocycles. The number of pyridine rings is 1. The third-order valence-corrected chi connectivity index (χ3v) is 4.47. The Kier molecular flexibility index (Phi) is 4.07. The minimum Gasteiger partial charge on any atom is -0.322 e. The molecule has 0 spiro atoms. The Balaban J connectivity index is 1.50. The van der Waals surface area contributed by atoms with Gasteiger partial charge >= 0.3 is 5.69 Å². The molecule has 1 fully saturated rings. The summed E-state index contributed by atoms with van der Waals surface area (Å²) in [6.07, 6.45) is 4.06. The van der Waals surface area contributed by atoms with Crippen molar-refractivity contribution in [3.63, 3.8) is 0 Å². The molecular formula is C18H19N5O2. The molecular weight excluding hydrogens is 318 g/mol. The average Bonchev–Trinajstić information content (AvgIpc) is 3.25. The van der Waals surface area contributed by atoms with E-state index in [0.29, 0.717) is 11.2 Å². The summed E-state index contributed by atoms with van der Waals surface area (Å²) >= 11 is 0. The second kappa shape index (κ2) is 6.52. The predicted octanol–water partition coefficient (Wildman–Crippen LogP) is 1.87. The Morgan fingerprint density at radius 2 is 2.04 bits per heavy atom. The molecule has 1 aromatic carbocycles. The van der Waals surface area contributed by atoms with E-state index in [9.17, 15) is 9.59 Å². The summed E-state index contributed by atoms with van der Waals surface area (Å²) in [4.78, 5) is 26.4. The van der Waals surface area contributed by atoms with E-state index < -0.39 is 0 Å². The van der Waals surface area contributed by atoms with Crippen molar-refractivity contribution >= 4 is 17.2 Å². The number of carbonyl (C=O) groups excluding carboxylic acids is 1. The molecule has 25 heavy (non-hydrogen) atoms. The number of H-pyrrole nitrogens is 1. The van der Waals surface area contributed by atoms with E-state index in [1.165, 1.54) is 22.8 Å². The highest BCUT2D eigenvalue weighted by atomic mass is 16.2. The van der Waals surface area contributed by atoms with Crippen molar-refractivity contribution in [3.05, 3.63) is 64.2 Å². The average molecular weight is 337 g/mol. The lowest BCUT2D eigenvalue weighted by molar-refractivity contribution is 0.102. The first-order valence-electron chi connectivity index (χ1n) is 8.38. The van der Waals surface area contributed by atoms with Gasteiger partial charge in [0, 0.05) is 24.0 Å². The van der Waals surface area contributed by atoms with Crippen LogP contribution in [0.25, 0.3) is 5.65 Å². The van der Waals surface area contributed by atoms with Gasteiger partial charge < -0.3 is 5.32 Å². The van der Waals surface area contributed by atoms with E-state index >= 15 is 0 Å². The zero-order valence-corrected chi connectivity index (χ0v) is 13.7. The van der Waals surface area contributed by atoms with Gasteiger partial charge in [0.2, 0.25) is 0 Å². The number of aromatic nitrogens is 3. The number of hydrogen-bond donors (Lipinski definition) is 2. The van der Waals surface area contributed by atoms with Crippen LogP contribution in [-0.4, -0.2) is 38.5 Å². The molecule has 128 valence electrons. The van der Waals surface area contributed by atoms with E-state index in [4.69, 9.17) is 0 Å². The molecule has 0 saturated carbocycles. The number of carbonyl (C=O) groups is 1. The van der Waals surface area contributed by atoms with Gasteiger partial charge in [0.05, 0.1) is 0 Å². The fourth-order valence-electron chi connectivity index (χ4n) is 3.20. The van der Waals surface area contributed by atoms with Gasteiger partial charge in [-0.25, -0.2) is 9.89 Å². The van der Waals surface area contributed by atoms with Gasteiger partial charge in [0.25, 0.3) is 5.91 Å². The number of hydrogen-bond acceptors (Lipinski definition) is 4. The zero-order chi connectivity index (χ0) is 17.2. The highest BCUT2D eigenvalue weighted by Gasteiger charge is 2.13. The van der Waals surface area contributed by atoms with Gasteiger partial charge in [-0.3, -0.25) is 14.1 Å². The fourth-order valence-corrected chi connectivity index (χ4v) is 3.20. The maximum Gasteiger partial charge on any atom is 0.347 e. The summed E-state index contributed by atoms with van der Waals surface area (Å²) < 4.78 is 1.35. The van der Waals surface area contributed by atoms with Gasteiger partial charge in [-0.05, 0) is 55.8 Å². The molecule has 0 unspecified atom stereocenters. The summed E-state index contributed by atoms with van der Waals surface area (Å²) in [5, 5.41) is 9.15. The second-order valence-corrected chi connectivity index (χ2v) is 6.31. The number of likely N-dealkylation sites (tertiary alicyclic amines) is 1. The standard InChI is InChI=1S/C18H19N5O2/c24-17(14-6-9-23-16(11-14)20-21-18(23)25)19-15-5-3-4-13(10-15)12-22-7-1-2-8-22/h3-6,9-11H,1-2,7-8,12H2,(H,19,24)(H,21,25). The van der Waals surface area contributed by atoms with Crippen LogP contribution in [0.15, 0.2) is 47.4 Å². The Labute approximate surface area is 144 Å². The molecule has 0 atom stereocenters. The smallest absolute Gasteiger partial charge is 0.322 e. The number of fused-ring (bicyclic) bond motifs is 1. The Hall–Kier alpha value is -2.93. The number of benzene rings is 1. The summed E-state index contributed by atoms with van der Waals surface area (Å²) in [6.45, 7) is 3.19. The molecule has 0 radical (unpaired) electrons. The largest absolute Gasteiger partial charge is 0.347 e. The molecule has 7 heteroatoms. The number of amides is 1. The summed E-state index contributed by atoms with van der Waals surface area (Å²) in [5.41, 5.74) is 2.50. The first-order chi connectivity index (χ1) is 12.2. The maximum absolute atomic E-state index is 12.5. The van der Waals surface area contributed by atoms with Gasteiger partial charge in [-0.2, -0.15) is 5.10 Å². The van der Waals surface area contributed by atoms with Gasteiger partial charge in [-0.1, -0.05) is 12.1 Å². The third kappa shape index (κ3) is 3.32. The van der Waals surface area contributed by atoms with Crippen LogP contribution < -0.4 is 11.0 Å². The SMILES string of the molecule is O=C(Nc1cccc(CN2CCCC2)c1)c1ccn2c(=O)[nH]nc2c1. The molecule has 2 aromatic heterocycles. The zero-order valence-electron chi connectivity index (χ0n) is 13.7. The number of aromatic amines is 1. The summed E-state index contributed by atoms with van der Waals surface area (Å²) in [5.74, 6) is -0.226. The maximum atomic E-state index is 12.5. The number of nitrogens with one attached hydrogen (secondary N) is 2. The Bertz CT molecular complexity index is 969. The molecule has 1 aliphatic rings. The normalized spacial score (nSPS) is 14.9. The Morgan fingerprint density at radius 1 is 1.20 bits per heavy atom. The lowest BCUT2D eigenvalue weighted by atomic mass is 10.1. The van der Waals surface area contributed by atoms with Crippen LogP contribution in [0.4, 0.5) is 5.69 Å². The van der Waals surface area contributed by atoms with Gasteiger partial charge in [-0.15, -0.1) is 0 Å². The summed E-state index contributed by atoms with van der Waals surface area (Å²) in [7, 11) is 0. The van der Waals surface area contributed by atoms with Crippen molar-refractivity contribution in [2.24, 2.45) is 0 Å². The second-order valence-electron chi connectivity index (χ2n) is 6.31. The topological polar surface area (TPSA) is 82.5 Å². The van der Waals surface area contributed by atoms with Crippen LogP contribution >= 0.6 is 0 Å². The van der Waals surface area contributed by atoms with Gasteiger partial charge in [0.1, 0.15) is 0 Å². The molecule has 3 aromatic rings. The van der Waals surface area contributed by atoms with Crippen LogP contribution in [0.3, 0.4) is 0 Å². The lowest BCUT2D eigenvalue weighted by Crippen LogP contribution is -2.18. The molecule has 1 amide bonds. The number of anilines is 1. The van der Waals surface area contributed by atoms with E-state index in [1.54, 1.807) is 18.3 Å². The van der Waals surface area contributed by atoms with Crippen molar-refractivity contribution in [2.75, 3.05) is 18.4 Å². The minimum absolute atomic E-state index is 0.226. The van der Waals surface area contributed by atoms with Crippen LogP contribution in [0.5, 0.6) is 0 Å². The van der Waals surface area contributed by atoms with Crippen LogP contribution in [0.2, 0.25) is 0 Å². The molecule has 1 saturated heterocycles. The van der Waals surface area contributed by atoms with Gasteiger partial charge in [0.15, 0.2) is 5.65 Å². The monoisotopic (exact) mass is 337 g/mol. The third-order valence-electron chi connectivity index (χ3n) is 4.47.